The molecule has 2 aliphatic carbocycles. The fourth-order valence-electron chi connectivity index (χ4n) is 1.80. The van der Waals surface area contributed by atoms with Crippen LogP contribution in [0.1, 0.15) is 25.7 Å². The summed E-state index contributed by atoms with van der Waals surface area (Å²) in [6.45, 7) is 0. The van der Waals surface area contributed by atoms with Crippen molar-refractivity contribution in [2.45, 2.75) is 37.8 Å². The monoisotopic (exact) mass is 520 g/mol. The molecule has 2 N–H and O–H groups in total. The van der Waals surface area contributed by atoms with Crippen LogP contribution in [0.3, 0.4) is 0 Å². The van der Waals surface area contributed by atoms with Gasteiger partial charge in [0.25, 0.3) is 0 Å². The van der Waals surface area contributed by atoms with Crippen molar-refractivity contribution in [1.82, 2.24) is 9.97 Å². The van der Waals surface area contributed by atoms with Gasteiger partial charge >= 0.3 is 0 Å². The third kappa shape index (κ3) is 5.86. The van der Waals surface area contributed by atoms with E-state index in [0.29, 0.717) is 12.1 Å². The van der Waals surface area contributed by atoms with E-state index in [1.54, 1.807) is 0 Å². The van der Waals surface area contributed by atoms with E-state index in [0.717, 1.165) is 11.6 Å². The van der Waals surface area contributed by atoms with Crippen LogP contribution in [-0.4, -0.2) is 22.1 Å². The first-order chi connectivity index (χ1) is 10.7. The van der Waals surface area contributed by atoms with Crippen LogP contribution in [-0.2, 0) is 0 Å². The predicted molar refractivity (Wildman–Crippen MR) is 107 cm³/mol. The second-order valence-corrected chi connectivity index (χ2v) is 8.05. The molecule has 2 aromatic rings. The van der Waals surface area contributed by atoms with Crippen molar-refractivity contribution in [3.05, 3.63) is 43.8 Å². The van der Waals surface area contributed by atoms with E-state index >= 15 is 0 Å². The summed E-state index contributed by atoms with van der Waals surface area (Å²) in [7, 11) is 0. The molecule has 2 aliphatic rings. The zero-order valence-electron chi connectivity index (χ0n) is 12.1. The summed E-state index contributed by atoms with van der Waals surface area (Å²) < 4.78 is 2.37. The first-order valence-corrected chi connectivity index (χ1v) is 9.61. The molecule has 4 nitrogen and oxygen atoms in total. The Morgan fingerprint density at radius 1 is 0.727 bits per heavy atom. The number of hydrogen-bond acceptors (Lipinski definition) is 4. The normalized spacial score (nSPS) is 16.5. The molecule has 0 aliphatic heterocycles. The Labute approximate surface area is 158 Å². The molecule has 0 unspecified atom stereocenters. The van der Waals surface area contributed by atoms with Crippen LogP contribution in [0.4, 0.5) is 11.6 Å². The summed E-state index contributed by atoms with van der Waals surface area (Å²) in [5, 5.41) is 6.66. The van der Waals surface area contributed by atoms with Gasteiger partial charge in [0.05, 0.1) is 0 Å². The molecular formula is C16H18I2N4. The van der Waals surface area contributed by atoms with Crippen molar-refractivity contribution in [3.8, 4) is 0 Å². The van der Waals surface area contributed by atoms with E-state index in [1.165, 1.54) is 32.8 Å². The highest BCUT2D eigenvalue weighted by Crippen LogP contribution is 2.24. The van der Waals surface area contributed by atoms with Gasteiger partial charge in [0, 0.05) is 31.6 Å². The lowest BCUT2D eigenvalue weighted by Crippen LogP contribution is -2.02. The van der Waals surface area contributed by atoms with Crippen LogP contribution in [0.5, 0.6) is 0 Å². The maximum absolute atomic E-state index is 4.24. The average molecular weight is 520 g/mol. The molecule has 2 fully saturated rings. The fourth-order valence-corrected chi connectivity index (χ4v) is 2.43. The fraction of sp³-hybridized carbons (Fsp3) is 0.375. The Morgan fingerprint density at radius 2 is 1.14 bits per heavy atom. The highest BCUT2D eigenvalue weighted by atomic mass is 127. The van der Waals surface area contributed by atoms with E-state index < -0.39 is 0 Å². The van der Waals surface area contributed by atoms with Crippen LogP contribution in [0, 0.1) is 7.14 Å². The molecule has 2 aromatic heterocycles. The molecule has 2 heterocycles. The standard InChI is InChI=1S/2C8H9IN2/c2*9-6-1-4-8(10-5-6)11-7-2-3-7/h2*1,4-5,7H,2-3H2,(H,10,11). The van der Waals surface area contributed by atoms with E-state index in [-0.39, 0.29) is 0 Å². The zero-order valence-corrected chi connectivity index (χ0v) is 16.4. The van der Waals surface area contributed by atoms with Crippen LogP contribution in [0.2, 0.25) is 0 Å². The maximum Gasteiger partial charge on any atom is 0.126 e. The Kier molecular flexibility index (Phi) is 5.72. The van der Waals surface area contributed by atoms with Crippen molar-refractivity contribution in [2.24, 2.45) is 0 Å². The van der Waals surface area contributed by atoms with E-state index in [4.69, 9.17) is 0 Å². The van der Waals surface area contributed by atoms with E-state index in [1.807, 2.05) is 24.5 Å². The minimum Gasteiger partial charge on any atom is -0.367 e. The SMILES string of the molecule is Ic1ccc(NC2CC2)nc1.Ic1ccc(NC2CC2)nc1. The first-order valence-electron chi connectivity index (χ1n) is 7.45. The number of halogens is 2. The highest BCUT2D eigenvalue weighted by Gasteiger charge is 2.21. The predicted octanol–water partition coefficient (Wildman–Crippen LogP) is 4.52. The molecule has 0 aromatic carbocycles. The number of rotatable bonds is 4. The molecule has 0 radical (unpaired) electrons. The van der Waals surface area contributed by atoms with Gasteiger partial charge in [-0.1, -0.05) is 0 Å². The lowest BCUT2D eigenvalue weighted by atomic mass is 10.4. The molecule has 0 bridgehead atoms. The third-order valence-electron chi connectivity index (χ3n) is 3.31. The number of anilines is 2. The molecular weight excluding hydrogens is 502 g/mol. The molecule has 0 amide bonds. The van der Waals surface area contributed by atoms with Crippen molar-refractivity contribution in [1.29, 1.82) is 0 Å². The third-order valence-corrected chi connectivity index (χ3v) is 4.59. The van der Waals surface area contributed by atoms with Crippen LogP contribution in [0.15, 0.2) is 36.7 Å². The average Bonchev–Trinajstić information content (AvgIpc) is 3.41. The van der Waals surface area contributed by atoms with Crippen molar-refractivity contribution in [2.75, 3.05) is 10.6 Å². The molecule has 0 saturated heterocycles. The molecule has 0 spiro atoms. The van der Waals surface area contributed by atoms with Crippen molar-refractivity contribution in [3.63, 3.8) is 0 Å². The van der Waals surface area contributed by atoms with Gasteiger partial charge < -0.3 is 10.6 Å². The summed E-state index contributed by atoms with van der Waals surface area (Å²) in [5.41, 5.74) is 0. The molecule has 4 rings (SSSR count). The lowest BCUT2D eigenvalue weighted by molar-refractivity contribution is 1.11. The first kappa shape index (κ1) is 16.2. The molecule has 2 saturated carbocycles. The van der Waals surface area contributed by atoms with E-state index in [2.05, 4.69) is 77.9 Å². The Balaban J connectivity index is 0.000000131. The molecule has 6 heteroatoms. The van der Waals surface area contributed by atoms with Gasteiger partial charge in [-0.2, -0.15) is 0 Å². The summed E-state index contributed by atoms with van der Waals surface area (Å²) in [6.07, 6.45) is 8.96. The number of aromatic nitrogens is 2. The van der Waals surface area contributed by atoms with Crippen molar-refractivity contribution < 1.29 is 0 Å². The summed E-state index contributed by atoms with van der Waals surface area (Å²) in [6, 6.07) is 9.58. The van der Waals surface area contributed by atoms with Gasteiger partial charge in [-0.25, -0.2) is 9.97 Å². The van der Waals surface area contributed by atoms with Gasteiger partial charge in [0.15, 0.2) is 0 Å². The van der Waals surface area contributed by atoms with Crippen molar-refractivity contribution >= 4 is 56.8 Å². The Hall–Kier alpha value is -0.640. The van der Waals surface area contributed by atoms with Gasteiger partial charge in [-0.3, -0.25) is 0 Å². The summed E-state index contributed by atoms with van der Waals surface area (Å²) in [5.74, 6) is 2.01. The number of nitrogens with one attached hydrogen (secondary N) is 2. The van der Waals surface area contributed by atoms with Gasteiger partial charge in [-0.15, -0.1) is 0 Å². The lowest BCUT2D eigenvalue weighted by Gasteiger charge is -2.01. The largest absolute Gasteiger partial charge is 0.367 e. The van der Waals surface area contributed by atoms with Crippen LogP contribution < -0.4 is 10.6 Å². The number of nitrogens with zero attached hydrogens (tertiary/aromatic N) is 2. The quantitative estimate of drug-likeness (QED) is 0.583. The van der Waals surface area contributed by atoms with Gasteiger partial charge in [-0.05, 0) is 95.1 Å². The highest BCUT2D eigenvalue weighted by molar-refractivity contribution is 14.1. The molecule has 0 atom stereocenters. The maximum atomic E-state index is 4.24. The minimum atomic E-state index is 0.697. The Bertz CT molecular complexity index is 537. The van der Waals surface area contributed by atoms with Gasteiger partial charge in [0.2, 0.25) is 0 Å². The summed E-state index contributed by atoms with van der Waals surface area (Å²) in [4.78, 5) is 8.48. The Morgan fingerprint density at radius 3 is 1.41 bits per heavy atom. The number of pyridine rings is 2. The molecule has 22 heavy (non-hydrogen) atoms. The zero-order chi connectivity index (χ0) is 15.4. The molecule has 116 valence electrons. The smallest absolute Gasteiger partial charge is 0.126 e. The van der Waals surface area contributed by atoms with E-state index in [9.17, 15) is 0 Å². The second kappa shape index (κ2) is 7.76. The number of hydrogen-bond donors (Lipinski definition) is 2. The summed E-state index contributed by atoms with van der Waals surface area (Å²) >= 11 is 4.51. The van der Waals surface area contributed by atoms with Crippen LogP contribution >= 0.6 is 45.2 Å². The minimum absolute atomic E-state index is 0.697. The van der Waals surface area contributed by atoms with Gasteiger partial charge in [0.1, 0.15) is 11.6 Å². The second-order valence-electron chi connectivity index (χ2n) is 5.56. The van der Waals surface area contributed by atoms with Crippen LogP contribution in [0.25, 0.3) is 0 Å². The topological polar surface area (TPSA) is 49.8 Å².